The van der Waals surface area contributed by atoms with Crippen LogP contribution in [0.5, 0.6) is 0 Å². The number of hydrogen-bond donors (Lipinski definition) is 1. The molecule has 2 fully saturated rings. The van der Waals surface area contributed by atoms with Crippen LogP contribution in [-0.2, 0) is 4.79 Å². The zero-order valence-electron chi connectivity index (χ0n) is 13.0. The van der Waals surface area contributed by atoms with E-state index in [1.165, 1.54) is 0 Å². The number of nitrogens with zero attached hydrogens (tertiary/aromatic N) is 1. The molecule has 1 amide bonds. The van der Waals surface area contributed by atoms with Gasteiger partial charge in [-0.3, -0.25) is 4.79 Å². The molecule has 0 aliphatic heterocycles. The van der Waals surface area contributed by atoms with E-state index in [4.69, 9.17) is 11.6 Å². The van der Waals surface area contributed by atoms with Crippen LogP contribution in [0, 0.1) is 16.7 Å². The Morgan fingerprint density at radius 2 is 2.18 bits per heavy atom. The number of carbonyl (C=O) groups excluding carboxylic acids is 1. The fourth-order valence-electron chi connectivity index (χ4n) is 3.99. The molecule has 2 aliphatic carbocycles. The maximum atomic E-state index is 12.7. The molecule has 22 heavy (non-hydrogen) atoms. The summed E-state index contributed by atoms with van der Waals surface area (Å²) in [5.41, 5.74) is 4.15. The van der Waals surface area contributed by atoms with Gasteiger partial charge in [0.2, 0.25) is 5.91 Å². The van der Waals surface area contributed by atoms with Gasteiger partial charge in [-0.05, 0) is 36.7 Å². The molecule has 0 aromatic heterocycles. The molecule has 2 bridgehead atoms. The van der Waals surface area contributed by atoms with Crippen LogP contribution >= 0.6 is 11.6 Å². The highest BCUT2D eigenvalue weighted by atomic mass is 35.5. The third kappa shape index (κ3) is 2.19. The lowest BCUT2D eigenvalue weighted by Crippen LogP contribution is -2.39. The topological polar surface area (TPSA) is 41.5 Å². The molecule has 1 aromatic rings. The second-order valence-electron chi connectivity index (χ2n) is 6.94. The number of amides is 1. The highest BCUT2D eigenvalue weighted by molar-refractivity contribution is 6.33. The summed E-state index contributed by atoms with van der Waals surface area (Å²) in [4.78, 5) is 12.7. The van der Waals surface area contributed by atoms with Crippen molar-refractivity contribution in [1.29, 1.82) is 0 Å². The van der Waals surface area contributed by atoms with Crippen LogP contribution in [0.4, 0.5) is 0 Å². The first kappa shape index (κ1) is 15.3. The molecule has 2 aliphatic rings. The maximum Gasteiger partial charge on any atom is 0.250 e. The molecule has 3 rings (SSSR count). The number of nitrogens with one attached hydrogen (secondary N) is 1. The number of benzene rings is 1. The number of hydrazone groups is 1. The van der Waals surface area contributed by atoms with Gasteiger partial charge in [0.15, 0.2) is 0 Å². The molecule has 1 aromatic carbocycles. The van der Waals surface area contributed by atoms with Crippen molar-refractivity contribution in [3.63, 3.8) is 0 Å². The predicted molar refractivity (Wildman–Crippen MR) is 89.9 cm³/mol. The number of hydrogen-bond acceptors (Lipinski definition) is 2. The molecule has 2 atom stereocenters. The molecule has 0 saturated heterocycles. The van der Waals surface area contributed by atoms with Gasteiger partial charge in [-0.15, -0.1) is 0 Å². The summed E-state index contributed by atoms with van der Waals surface area (Å²) in [5.74, 6) is 0.521. The van der Waals surface area contributed by atoms with Crippen LogP contribution in [0.15, 0.2) is 41.5 Å². The molecule has 1 N–H and O–H groups in total. The fraction of sp³-hybridized carbons (Fsp3) is 0.444. The van der Waals surface area contributed by atoms with Crippen LogP contribution in [0.2, 0.25) is 5.02 Å². The van der Waals surface area contributed by atoms with Gasteiger partial charge in [-0.1, -0.05) is 55.8 Å². The fourth-order valence-corrected chi connectivity index (χ4v) is 4.17. The van der Waals surface area contributed by atoms with Gasteiger partial charge >= 0.3 is 0 Å². The summed E-state index contributed by atoms with van der Waals surface area (Å²) in [6.45, 7) is 8.62. The Bertz CT molecular complexity index is 665. The van der Waals surface area contributed by atoms with Gasteiger partial charge in [0.1, 0.15) is 0 Å². The number of rotatable bonds is 3. The quantitative estimate of drug-likeness (QED) is 0.507. The number of carbonyl (C=O) groups is 1. The van der Waals surface area contributed by atoms with Crippen molar-refractivity contribution in [1.82, 2.24) is 5.43 Å². The van der Waals surface area contributed by atoms with Gasteiger partial charge in [-0.2, -0.15) is 5.10 Å². The average molecular weight is 317 g/mol. The van der Waals surface area contributed by atoms with E-state index in [9.17, 15) is 4.79 Å². The lowest BCUT2D eigenvalue weighted by Gasteiger charge is -2.36. The largest absolute Gasteiger partial charge is 0.272 e. The monoisotopic (exact) mass is 316 g/mol. The van der Waals surface area contributed by atoms with Gasteiger partial charge in [0.25, 0.3) is 0 Å². The second kappa shape index (κ2) is 5.24. The molecule has 0 heterocycles. The molecular weight excluding hydrogens is 296 g/mol. The Kier molecular flexibility index (Phi) is 3.64. The minimum atomic E-state index is -0.439. The lowest BCUT2D eigenvalue weighted by atomic mass is 9.68. The Labute approximate surface area is 136 Å². The second-order valence-corrected chi connectivity index (χ2v) is 7.35. The molecule has 0 radical (unpaired) electrons. The van der Waals surface area contributed by atoms with Crippen LogP contribution in [0.1, 0.15) is 38.7 Å². The summed E-state index contributed by atoms with van der Waals surface area (Å²) in [5, 5.41) is 4.71. The number of fused-ring (bicyclic) bond motifs is 2. The van der Waals surface area contributed by atoms with Crippen LogP contribution in [-0.4, -0.2) is 12.1 Å². The maximum absolute atomic E-state index is 12.7. The first-order valence-electron chi connectivity index (χ1n) is 7.66. The first-order valence-corrected chi connectivity index (χ1v) is 8.03. The van der Waals surface area contributed by atoms with Gasteiger partial charge in [-0.25, -0.2) is 5.43 Å². The molecule has 0 unspecified atom stereocenters. The zero-order chi connectivity index (χ0) is 16.0. The Hall–Kier alpha value is -1.61. The minimum absolute atomic E-state index is 0.0334. The van der Waals surface area contributed by atoms with Crippen molar-refractivity contribution < 1.29 is 4.79 Å². The summed E-state index contributed by atoms with van der Waals surface area (Å²) in [6.07, 6.45) is 4.46. The van der Waals surface area contributed by atoms with Crippen molar-refractivity contribution in [2.45, 2.75) is 33.1 Å². The van der Waals surface area contributed by atoms with Crippen LogP contribution < -0.4 is 5.43 Å². The third-order valence-electron chi connectivity index (χ3n) is 5.60. The molecule has 2 saturated carbocycles. The molecule has 4 heteroatoms. The summed E-state index contributed by atoms with van der Waals surface area (Å²) >= 11 is 6.07. The summed E-state index contributed by atoms with van der Waals surface area (Å²) in [7, 11) is 0. The van der Waals surface area contributed by atoms with Gasteiger partial charge in [0.05, 0.1) is 11.6 Å². The summed E-state index contributed by atoms with van der Waals surface area (Å²) in [6, 6.07) is 7.41. The highest BCUT2D eigenvalue weighted by Crippen LogP contribution is 2.65. The Morgan fingerprint density at radius 1 is 1.45 bits per heavy atom. The van der Waals surface area contributed by atoms with E-state index in [0.29, 0.717) is 10.9 Å². The summed E-state index contributed by atoms with van der Waals surface area (Å²) < 4.78 is 0. The standard InChI is InChI=1S/C18H21ClN2O/c1-12-17(2,3)14-8-9-18(12,10-14)16(22)21-20-11-13-6-4-5-7-15(13)19/h4-7,11,14H,1,8-10H2,2-3H3,(H,21,22)/b20-11+/t14-,18-/m1/s1. The third-order valence-corrected chi connectivity index (χ3v) is 5.94. The predicted octanol–water partition coefficient (Wildman–Crippen LogP) is 4.17. The molecule has 0 spiro atoms. The van der Waals surface area contributed by atoms with Gasteiger partial charge in [0, 0.05) is 10.6 Å². The van der Waals surface area contributed by atoms with E-state index in [1.54, 1.807) is 12.3 Å². The van der Waals surface area contributed by atoms with Gasteiger partial charge < -0.3 is 0 Å². The number of halogens is 1. The van der Waals surface area contributed by atoms with Crippen LogP contribution in [0.3, 0.4) is 0 Å². The molecular formula is C18H21ClN2O. The zero-order valence-corrected chi connectivity index (χ0v) is 13.8. The normalized spacial score (nSPS) is 29.2. The van der Waals surface area contributed by atoms with Crippen molar-refractivity contribution in [3.05, 3.63) is 47.0 Å². The Balaban J connectivity index is 1.73. The van der Waals surface area contributed by atoms with E-state index >= 15 is 0 Å². The van der Waals surface area contributed by atoms with Crippen molar-refractivity contribution in [3.8, 4) is 0 Å². The van der Waals surface area contributed by atoms with E-state index in [1.807, 2.05) is 18.2 Å². The molecule has 3 nitrogen and oxygen atoms in total. The van der Waals surface area contributed by atoms with Crippen molar-refractivity contribution >= 4 is 23.7 Å². The van der Waals surface area contributed by atoms with Crippen molar-refractivity contribution in [2.75, 3.05) is 0 Å². The van der Waals surface area contributed by atoms with E-state index in [0.717, 1.165) is 30.4 Å². The first-order chi connectivity index (χ1) is 10.4. The van der Waals surface area contributed by atoms with Crippen molar-refractivity contribution in [2.24, 2.45) is 21.8 Å². The molecule has 116 valence electrons. The van der Waals surface area contributed by atoms with E-state index in [-0.39, 0.29) is 11.3 Å². The average Bonchev–Trinajstić information content (AvgIpc) is 3.01. The SMILES string of the molecule is C=C1C(C)(C)[C@@H]2CC[C@@]1(C(=O)N/N=C/c1ccccc1Cl)C2. The van der Waals surface area contributed by atoms with Crippen LogP contribution in [0.25, 0.3) is 0 Å². The van der Waals surface area contributed by atoms with E-state index < -0.39 is 5.41 Å². The van der Waals surface area contributed by atoms with E-state index in [2.05, 4.69) is 31.0 Å². The smallest absolute Gasteiger partial charge is 0.250 e. The lowest BCUT2D eigenvalue weighted by molar-refractivity contribution is -0.128. The highest BCUT2D eigenvalue weighted by Gasteiger charge is 2.60. The minimum Gasteiger partial charge on any atom is -0.272 e. The Morgan fingerprint density at radius 3 is 2.82 bits per heavy atom.